The van der Waals surface area contributed by atoms with Crippen LogP contribution in [-0.2, 0) is 11.8 Å². The fourth-order valence-corrected chi connectivity index (χ4v) is 2.76. The van der Waals surface area contributed by atoms with Gasteiger partial charge in [0.2, 0.25) is 11.8 Å². The lowest BCUT2D eigenvalue weighted by Crippen LogP contribution is -2.45. The van der Waals surface area contributed by atoms with E-state index in [1.54, 1.807) is 20.3 Å². The average Bonchev–Trinajstić information content (AvgIpc) is 2.87. The van der Waals surface area contributed by atoms with Gasteiger partial charge in [-0.15, -0.1) is 5.10 Å². The second-order valence-corrected chi connectivity index (χ2v) is 5.97. The molecule has 0 N–H and O–H groups in total. The van der Waals surface area contributed by atoms with Crippen LogP contribution in [0.4, 0.5) is 0 Å². The van der Waals surface area contributed by atoms with Crippen LogP contribution in [0.3, 0.4) is 0 Å². The molecule has 0 saturated carbocycles. The number of carbonyl (C=O) groups excluding carboxylic acids is 2. The molecule has 0 spiro atoms. The third-order valence-electron chi connectivity index (χ3n) is 3.95. The van der Waals surface area contributed by atoms with Crippen molar-refractivity contribution in [3.63, 3.8) is 0 Å². The lowest BCUT2D eigenvalue weighted by atomic mass is 10.0. The van der Waals surface area contributed by atoms with Gasteiger partial charge in [-0.3, -0.25) is 14.3 Å². The van der Waals surface area contributed by atoms with E-state index in [0.29, 0.717) is 11.5 Å². The molecule has 1 aliphatic heterocycles. The van der Waals surface area contributed by atoms with Gasteiger partial charge in [0.15, 0.2) is 0 Å². The Labute approximate surface area is 130 Å². The summed E-state index contributed by atoms with van der Waals surface area (Å²) in [6.07, 6.45) is 3.79. The number of hydrogen-bond donors (Lipinski definition) is 0. The Morgan fingerprint density at radius 1 is 1.50 bits per heavy atom. The Morgan fingerprint density at radius 3 is 2.86 bits per heavy atom. The van der Waals surface area contributed by atoms with Crippen molar-refractivity contribution < 1.29 is 14.3 Å². The van der Waals surface area contributed by atoms with Crippen LogP contribution in [0.2, 0.25) is 0 Å². The molecule has 7 heteroatoms. The standard InChI is InChI=1S/C15H24N4O3/c1-11-6-5-7-19(8-11)13(20)10-17(2)15(21)12-9-18(3)16-14(12)22-4/h9,11H,5-8,10H2,1-4H3. The van der Waals surface area contributed by atoms with Crippen LogP contribution in [0.1, 0.15) is 30.1 Å². The number of aryl methyl sites for hydroxylation is 1. The van der Waals surface area contributed by atoms with Gasteiger partial charge in [0, 0.05) is 33.4 Å². The molecule has 1 aromatic heterocycles. The summed E-state index contributed by atoms with van der Waals surface area (Å²) >= 11 is 0. The van der Waals surface area contributed by atoms with Crippen molar-refractivity contribution >= 4 is 11.8 Å². The van der Waals surface area contributed by atoms with Crippen molar-refractivity contribution in [1.29, 1.82) is 0 Å². The zero-order valence-electron chi connectivity index (χ0n) is 13.7. The highest BCUT2D eigenvalue weighted by molar-refractivity contribution is 5.98. The molecule has 7 nitrogen and oxygen atoms in total. The highest BCUT2D eigenvalue weighted by Gasteiger charge is 2.25. The van der Waals surface area contributed by atoms with E-state index in [9.17, 15) is 9.59 Å². The first-order chi connectivity index (χ1) is 10.4. The van der Waals surface area contributed by atoms with Gasteiger partial charge in [0.25, 0.3) is 5.91 Å². The molecule has 0 aliphatic carbocycles. The van der Waals surface area contributed by atoms with Crippen molar-refractivity contribution in [1.82, 2.24) is 19.6 Å². The summed E-state index contributed by atoms with van der Waals surface area (Å²) < 4.78 is 6.62. The van der Waals surface area contributed by atoms with E-state index in [2.05, 4.69) is 12.0 Å². The number of likely N-dealkylation sites (tertiary alicyclic amines) is 1. The van der Waals surface area contributed by atoms with E-state index in [1.165, 1.54) is 16.7 Å². The van der Waals surface area contributed by atoms with E-state index >= 15 is 0 Å². The number of carbonyl (C=O) groups is 2. The van der Waals surface area contributed by atoms with Crippen molar-refractivity contribution in [2.24, 2.45) is 13.0 Å². The largest absolute Gasteiger partial charge is 0.479 e. The number of nitrogens with zero attached hydrogens (tertiary/aromatic N) is 4. The number of likely N-dealkylation sites (N-methyl/N-ethyl adjacent to an activating group) is 1. The Morgan fingerprint density at radius 2 is 2.23 bits per heavy atom. The Balaban J connectivity index is 2.00. The normalized spacial score (nSPS) is 18.2. The first kappa shape index (κ1) is 16.3. The highest BCUT2D eigenvalue weighted by atomic mass is 16.5. The summed E-state index contributed by atoms with van der Waals surface area (Å²) in [7, 11) is 4.82. The Bertz CT molecular complexity index is 555. The van der Waals surface area contributed by atoms with Gasteiger partial charge in [0.05, 0.1) is 13.7 Å². The van der Waals surface area contributed by atoms with E-state index in [1.807, 2.05) is 4.90 Å². The summed E-state index contributed by atoms with van der Waals surface area (Å²) in [6, 6.07) is 0. The average molecular weight is 308 g/mol. The number of methoxy groups -OCH3 is 1. The van der Waals surface area contributed by atoms with Crippen LogP contribution < -0.4 is 4.74 Å². The minimum atomic E-state index is -0.261. The summed E-state index contributed by atoms with van der Waals surface area (Å²) in [5, 5.41) is 4.06. The van der Waals surface area contributed by atoms with Gasteiger partial charge in [-0.05, 0) is 18.8 Å². The number of ether oxygens (including phenoxy) is 1. The van der Waals surface area contributed by atoms with E-state index < -0.39 is 0 Å². The lowest BCUT2D eigenvalue weighted by Gasteiger charge is -2.32. The SMILES string of the molecule is COc1nn(C)cc1C(=O)N(C)CC(=O)N1CCCC(C)C1. The number of piperidine rings is 1. The molecular weight excluding hydrogens is 284 g/mol. The van der Waals surface area contributed by atoms with Crippen molar-refractivity contribution in [2.45, 2.75) is 19.8 Å². The molecule has 122 valence electrons. The fraction of sp³-hybridized carbons (Fsp3) is 0.667. The smallest absolute Gasteiger partial charge is 0.261 e. The molecule has 1 unspecified atom stereocenters. The first-order valence-corrected chi connectivity index (χ1v) is 7.53. The summed E-state index contributed by atoms with van der Waals surface area (Å²) in [6.45, 7) is 3.77. The second-order valence-electron chi connectivity index (χ2n) is 5.97. The Hall–Kier alpha value is -2.05. The molecule has 0 radical (unpaired) electrons. The molecule has 2 amide bonds. The van der Waals surface area contributed by atoms with Crippen molar-refractivity contribution in [3.05, 3.63) is 11.8 Å². The van der Waals surface area contributed by atoms with Gasteiger partial charge in [0.1, 0.15) is 5.56 Å². The molecule has 1 fully saturated rings. The van der Waals surface area contributed by atoms with Crippen molar-refractivity contribution in [3.8, 4) is 5.88 Å². The van der Waals surface area contributed by atoms with Crippen LogP contribution in [0.5, 0.6) is 5.88 Å². The Kier molecular flexibility index (Phi) is 5.05. The highest BCUT2D eigenvalue weighted by Crippen LogP contribution is 2.18. The molecule has 1 saturated heterocycles. The number of amides is 2. The molecule has 22 heavy (non-hydrogen) atoms. The van der Waals surface area contributed by atoms with Crippen LogP contribution in [0.15, 0.2) is 6.20 Å². The van der Waals surface area contributed by atoms with Crippen LogP contribution >= 0.6 is 0 Å². The van der Waals surface area contributed by atoms with Gasteiger partial charge in [-0.1, -0.05) is 6.92 Å². The quantitative estimate of drug-likeness (QED) is 0.823. The molecule has 1 aromatic rings. The number of aromatic nitrogens is 2. The fourth-order valence-electron chi connectivity index (χ4n) is 2.76. The minimum Gasteiger partial charge on any atom is -0.479 e. The molecule has 1 atom stereocenters. The van der Waals surface area contributed by atoms with Gasteiger partial charge < -0.3 is 14.5 Å². The van der Waals surface area contributed by atoms with Crippen LogP contribution in [0.25, 0.3) is 0 Å². The van der Waals surface area contributed by atoms with Gasteiger partial charge >= 0.3 is 0 Å². The monoisotopic (exact) mass is 308 g/mol. The maximum absolute atomic E-state index is 12.4. The van der Waals surface area contributed by atoms with E-state index in [0.717, 1.165) is 25.9 Å². The molecule has 2 rings (SSSR count). The summed E-state index contributed by atoms with van der Waals surface area (Å²) in [5.41, 5.74) is 0.368. The van der Waals surface area contributed by atoms with Gasteiger partial charge in [-0.25, -0.2) is 0 Å². The summed E-state index contributed by atoms with van der Waals surface area (Å²) in [5.74, 6) is 0.532. The third-order valence-corrected chi connectivity index (χ3v) is 3.95. The zero-order valence-corrected chi connectivity index (χ0v) is 13.7. The first-order valence-electron chi connectivity index (χ1n) is 7.53. The molecule has 2 heterocycles. The predicted molar refractivity (Wildman–Crippen MR) is 81.7 cm³/mol. The maximum Gasteiger partial charge on any atom is 0.261 e. The predicted octanol–water partition coefficient (Wildman–Crippen LogP) is 0.759. The second kappa shape index (κ2) is 6.81. The zero-order chi connectivity index (χ0) is 16.3. The van der Waals surface area contributed by atoms with E-state index in [4.69, 9.17) is 4.74 Å². The number of rotatable bonds is 4. The molecular formula is C15H24N4O3. The van der Waals surface area contributed by atoms with Crippen LogP contribution in [-0.4, -0.2) is 65.2 Å². The molecule has 1 aliphatic rings. The van der Waals surface area contributed by atoms with E-state index in [-0.39, 0.29) is 24.2 Å². The summed E-state index contributed by atoms with van der Waals surface area (Å²) in [4.78, 5) is 28.0. The van der Waals surface area contributed by atoms with Gasteiger partial charge in [-0.2, -0.15) is 0 Å². The third kappa shape index (κ3) is 3.58. The molecule has 0 aromatic carbocycles. The lowest BCUT2D eigenvalue weighted by molar-refractivity contribution is -0.133. The van der Waals surface area contributed by atoms with Crippen LogP contribution in [0, 0.1) is 5.92 Å². The molecule has 0 bridgehead atoms. The number of hydrogen-bond acceptors (Lipinski definition) is 4. The topological polar surface area (TPSA) is 67.7 Å². The van der Waals surface area contributed by atoms with Crippen molar-refractivity contribution in [2.75, 3.05) is 33.8 Å². The minimum absolute atomic E-state index is 0.00902. The maximum atomic E-state index is 12.4.